The van der Waals surface area contributed by atoms with Crippen molar-refractivity contribution in [3.8, 4) is 11.1 Å². The highest BCUT2D eigenvalue weighted by Crippen LogP contribution is 2.44. The van der Waals surface area contributed by atoms with E-state index in [2.05, 4.69) is 18.8 Å². The van der Waals surface area contributed by atoms with Crippen LogP contribution in [0.5, 0.6) is 0 Å². The second kappa shape index (κ2) is 10.6. The summed E-state index contributed by atoms with van der Waals surface area (Å²) < 4.78 is 11.7. The van der Waals surface area contributed by atoms with Crippen molar-refractivity contribution < 1.29 is 14.4 Å². The maximum atomic E-state index is 11.7. The van der Waals surface area contributed by atoms with Crippen molar-refractivity contribution in [2.75, 3.05) is 0 Å². The van der Waals surface area contributed by atoms with E-state index in [1.54, 1.807) is 0 Å². The van der Waals surface area contributed by atoms with Gasteiger partial charge in [-0.05, 0) is 48.4 Å². The number of rotatable bonds is 6. The second-order valence-electron chi connectivity index (χ2n) is 6.97. The van der Waals surface area contributed by atoms with Gasteiger partial charge in [-0.3, -0.25) is 9.55 Å². The van der Waals surface area contributed by atoms with E-state index in [0.717, 1.165) is 34.4 Å². The molecule has 152 valence electrons. The zero-order chi connectivity index (χ0) is 18.8. The Balaban J connectivity index is 0.00000338. The van der Waals surface area contributed by atoms with Crippen molar-refractivity contribution in [3.05, 3.63) is 52.3 Å². The maximum absolute atomic E-state index is 11.7. The highest BCUT2D eigenvalue weighted by atomic mass is 35.5. The Morgan fingerprint density at radius 3 is 2.07 bits per heavy atom. The highest BCUT2D eigenvalue weighted by Gasteiger charge is 2.24. The number of nitrogens with two attached hydrogens (primary N) is 1. The molecule has 5 nitrogen and oxygen atoms in total. The third kappa shape index (κ3) is 6.86. The molecule has 0 radical (unpaired) electrons. The van der Waals surface area contributed by atoms with Gasteiger partial charge in [0.1, 0.15) is 0 Å². The molecule has 0 atom stereocenters. The number of hydrogen-bond donors (Lipinski definition) is 3. The van der Waals surface area contributed by atoms with Crippen LogP contribution >= 0.6 is 32.4 Å². The summed E-state index contributed by atoms with van der Waals surface area (Å²) in [5.41, 5.74) is 12.0. The predicted octanol–water partition coefficient (Wildman–Crippen LogP) is 4.54. The molecule has 0 spiro atoms. The number of benzene rings is 1. The first kappa shape index (κ1) is 26.1. The van der Waals surface area contributed by atoms with Crippen LogP contribution in [0.1, 0.15) is 41.9 Å². The Hall–Kier alpha value is -0.940. The molecule has 8 heteroatoms. The molecule has 0 aliphatic heterocycles. The lowest BCUT2D eigenvalue weighted by atomic mass is 9.90. The van der Waals surface area contributed by atoms with E-state index in [-0.39, 0.29) is 37.5 Å². The van der Waals surface area contributed by atoms with Crippen LogP contribution in [0, 0.1) is 19.8 Å². The largest absolute Gasteiger partial charge is 0.330 e. The van der Waals surface area contributed by atoms with Crippen molar-refractivity contribution in [1.82, 2.24) is 4.98 Å². The Morgan fingerprint density at radius 1 is 1.07 bits per heavy atom. The van der Waals surface area contributed by atoms with Crippen LogP contribution in [0.15, 0.2) is 24.3 Å². The molecule has 2 aromatic rings. The van der Waals surface area contributed by atoms with Crippen molar-refractivity contribution in [2.45, 2.75) is 46.8 Å². The summed E-state index contributed by atoms with van der Waals surface area (Å²) in [5, 5.41) is 0. The van der Waals surface area contributed by atoms with E-state index in [1.165, 1.54) is 0 Å². The molecule has 1 aromatic heterocycles. The van der Waals surface area contributed by atoms with Gasteiger partial charge in [0.2, 0.25) is 0 Å². The van der Waals surface area contributed by atoms with Gasteiger partial charge in [0.25, 0.3) is 0 Å². The van der Waals surface area contributed by atoms with Crippen LogP contribution in [0.25, 0.3) is 11.1 Å². The minimum Gasteiger partial charge on any atom is -0.326 e. The number of halogens is 2. The van der Waals surface area contributed by atoms with E-state index in [0.29, 0.717) is 17.2 Å². The van der Waals surface area contributed by atoms with Gasteiger partial charge < -0.3 is 15.5 Å². The Kier molecular flexibility index (Phi) is 10.2. The molecule has 0 amide bonds. The first-order valence-corrected chi connectivity index (χ1v) is 10.2. The molecule has 0 unspecified atom stereocenters. The monoisotopic (exact) mass is 434 g/mol. The van der Waals surface area contributed by atoms with Gasteiger partial charge in [-0.2, -0.15) is 0 Å². The second-order valence-corrected chi connectivity index (χ2v) is 8.61. The topological polar surface area (TPSA) is 96.4 Å². The Labute approximate surface area is 173 Å². The molecule has 27 heavy (non-hydrogen) atoms. The molecule has 0 saturated carbocycles. The van der Waals surface area contributed by atoms with Gasteiger partial charge in [-0.25, -0.2) is 0 Å². The average Bonchev–Trinajstić information content (AvgIpc) is 2.49. The normalized spacial score (nSPS) is 11.1. The number of pyridine rings is 1. The number of aryl methyl sites for hydroxylation is 2. The fraction of sp³-hybridized carbons (Fsp3) is 0.421. The van der Waals surface area contributed by atoms with Crippen LogP contribution in [-0.2, 0) is 23.7 Å². The quantitative estimate of drug-likeness (QED) is 0.579. The third-order valence-electron chi connectivity index (χ3n) is 4.20. The zero-order valence-electron chi connectivity index (χ0n) is 16.1. The lowest BCUT2D eigenvalue weighted by Gasteiger charge is -2.21. The summed E-state index contributed by atoms with van der Waals surface area (Å²) >= 11 is 0. The lowest BCUT2D eigenvalue weighted by Crippen LogP contribution is -2.13. The fourth-order valence-corrected chi connectivity index (χ4v) is 3.89. The minimum atomic E-state index is -4.23. The van der Waals surface area contributed by atoms with Crippen LogP contribution in [-0.4, -0.2) is 14.8 Å². The molecule has 1 aromatic carbocycles. The molecule has 0 aliphatic carbocycles. The summed E-state index contributed by atoms with van der Waals surface area (Å²) in [6, 6.07) is 7.95. The van der Waals surface area contributed by atoms with E-state index in [4.69, 9.17) is 5.73 Å². The molecular formula is C19H29Cl2N2O3P. The maximum Gasteiger partial charge on any atom is 0.330 e. The minimum absolute atomic E-state index is 0. The summed E-state index contributed by atoms with van der Waals surface area (Å²) in [6.07, 6.45) is 0.451. The lowest BCUT2D eigenvalue weighted by molar-refractivity contribution is 0.371. The summed E-state index contributed by atoms with van der Waals surface area (Å²) in [5.74, 6) is 0.413. The number of nitrogens with zero attached hydrogens (tertiary/aromatic N) is 1. The molecule has 1 heterocycles. The van der Waals surface area contributed by atoms with Crippen LogP contribution in [0.2, 0.25) is 0 Å². The smallest absolute Gasteiger partial charge is 0.326 e. The molecule has 0 fully saturated rings. The van der Waals surface area contributed by atoms with Gasteiger partial charge in [0, 0.05) is 17.9 Å². The van der Waals surface area contributed by atoms with Crippen molar-refractivity contribution in [3.63, 3.8) is 0 Å². The van der Waals surface area contributed by atoms with Crippen molar-refractivity contribution >= 4 is 32.4 Å². The Bertz CT molecular complexity index is 806. The third-order valence-corrected chi connectivity index (χ3v) is 4.93. The molecule has 0 bridgehead atoms. The van der Waals surface area contributed by atoms with Crippen LogP contribution < -0.4 is 5.73 Å². The SMILES string of the molecule is Cc1ccc(-c2c(CP(=O)(O)O)c(C)nc(CC(C)C)c2CN)cc1.Cl.Cl. The van der Waals surface area contributed by atoms with Crippen molar-refractivity contribution in [2.24, 2.45) is 11.7 Å². The molecule has 0 saturated heterocycles. The number of aromatic nitrogens is 1. The standard InChI is InChI=1S/C19H27N2O3P.2ClH/c1-12(2)9-18-16(10-20)19(15-7-5-13(3)6-8-15)17(14(4)21-18)11-25(22,23)24;;/h5-8,12H,9-11,20H2,1-4H3,(H2,22,23,24);2*1H. The average molecular weight is 435 g/mol. The van der Waals surface area contributed by atoms with E-state index in [9.17, 15) is 14.4 Å². The van der Waals surface area contributed by atoms with Gasteiger partial charge >= 0.3 is 7.60 Å². The van der Waals surface area contributed by atoms with Crippen LogP contribution in [0.4, 0.5) is 0 Å². The first-order valence-electron chi connectivity index (χ1n) is 8.45. The summed E-state index contributed by atoms with van der Waals surface area (Å²) in [7, 11) is -4.23. The van der Waals surface area contributed by atoms with E-state index >= 15 is 0 Å². The summed E-state index contributed by atoms with van der Waals surface area (Å²) in [6.45, 7) is 8.34. The molecule has 2 rings (SSSR count). The van der Waals surface area contributed by atoms with Gasteiger partial charge in [-0.15, -0.1) is 24.8 Å². The molecular weight excluding hydrogens is 406 g/mol. The van der Waals surface area contributed by atoms with Gasteiger partial charge in [-0.1, -0.05) is 43.7 Å². The Morgan fingerprint density at radius 2 is 1.63 bits per heavy atom. The summed E-state index contributed by atoms with van der Waals surface area (Å²) in [4.78, 5) is 23.7. The fourth-order valence-electron chi connectivity index (χ4n) is 3.09. The predicted molar refractivity (Wildman–Crippen MR) is 116 cm³/mol. The highest BCUT2D eigenvalue weighted by molar-refractivity contribution is 7.50. The number of hydrogen-bond acceptors (Lipinski definition) is 3. The zero-order valence-corrected chi connectivity index (χ0v) is 18.6. The van der Waals surface area contributed by atoms with E-state index in [1.807, 2.05) is 38.1 Å². The van der Waals surface area contributed by atoms with Crippen LogP contribution in [0.3, 0.4) is 0 Å². The van der Waals surface area contributed by atoms with Gasteiger partial charge in [0.05, 0.1) is 6.16 Å². The van der Waals surface area contributed by atoms with E-state index < -0.39 is 7.60 Å². The molecule has 0 aliphatic rings. The first-order chi connectivity index (χ1) is 11.6. The van der Waals surface area contributed by atoms with Crippen molar-refractivity contribution in [1.29, 1.82) is 0 Å². The van der Waals surface area contributed by atoms with Gasteiger partial charge in [0.15, 0.2) is 0 Å². The molecule has 4 N–H and O–H groups in total.